The Balaban J connectivity index is 1.97. The largest absolute Gasteiger partial charge is 0.481 e. The lowest BCUT2D eigenvalue weighted by atomic mass is 10.1. The number of rotatable bonds is 8. The van der Waals surface area contributed by atoms with Crippen molar-refractivity contribution in [3.05, 3.63) is 42.0 Å². The zero-order valence-electron chi connectivity index (χ0n) is 16.5. The molecule has 0 aromatic carbocycles. The lowest BCUT2D eigenvalue weighted by Gasteiger charge is -2.14. The minimum absolute atomic E-state index is 0.0308. The first-order valence-electron chi connectivity index (χ1n) is 9.07. The van der Waals surface area contributed by atoms with Gasteiger partial charge in [-0.15, -0.1) is 0 Å². The molecule has 10 heteroatoms. The van der Waals surface area contributed by atoms with Gasteiger partial charge in [0, 0.05) is 24.8 Å². The number of aromatic nitrogens is 5. The first-order chi connectivity index (χ1) is 14.0. The fourth-order valence-electron chi connectivity index (χ4n) is 2.57. The fourth-order valence-corrected chi connectivity index (χ4v) is 2.57. The molecule has 29 heavy (non-hydrogen) atoms. The summed E-state index contributed by atoms with van der Waals surface area (Å²) in [5, 5.41) is 15.7. The smallest absolute Gasteiger partial charge is 0.223 e. The van der Waals surface area contributed by atoms with E-state index in [1.54, 1.807) is 32.5 Å². The summed E-state index contributed by atoms with van der Waals surface area (Å²) in [5.74, 6) is 2.15. The molecule has 3 rings (SSSR count). The van der Waals surface area contributed by atoms with Gasteiger partial charge in [0.1, 0.15) is 11.6 Å². The molecule has 3 aromatic rings. The number of nitrogens with two attached hydrogens (primary N) is 1. The third-order valence-corrected chi connectivity index (χ3v) is 4.09. The summed E-state index contributed by atoms with van der Waals surface area (Å²) in [5.41, 5.74) is 8.14. The van der Waals surface area contributed by atoms with E-state index in [0.717, 1.165) is 11.3 Å². The maximum Gasteiger partial charge on any atom is 0.223 e. The Morgan fingerprint density at radius 3 is 2.66 bits per heavy atom. The van der Waals surface area contributed by atoms with Crippen molar-refractivity contribution >= 4 is 17.5 Å². The zero-order chi connectivity index (χ0) is 20.8. The SMILES string of the molecule is COc1ccc(Nc2ncc(CNC(C)CO)cc2-c2nc(C)nc(N)n2)cn1. The topological polar surface area (TPSA) is 144 Å². The van der Waals surface area contributed by atoms with Gasteiger partial charge >= 0.3 is 0 Å². The highest BCUT2D eigenvalue weighted by atomic mass is 16.5. The van der Waals surface area contributed by atoms with Crippen molar-refractivity contribution in [2.75, 3.05) is 24.8 Å². The summed E-state index contributed by atoms with van der Waals surface area (Å²) >= 11 is 0. The minimum Gasteiger partial charge on any atom is -0.481 e. The van der Waals surface area contributed by atoms with Crippen LogP contribution in [0.4, 0.5) is 17.5 Å². The quantitative estimate of drug-likeness (QED) is 0.441. The van der Waals surface area contributed by atoms with Crippen LogP contribution in [0.15, 0.2) is 30.6 Å². The van der Waals surface area contributed by atoms with E-state index < -0.39 is 0 Å². The molecule has 0 amide bonds. The third kappa shape index (κ3) is 5.33. The number of aliphatic hydroxyl groups excluding tert-OH is 1. The van der Waals surface area contributed by atoms with Gasteiger partial charge < -0.3 is 26.2 Å². The van der Waals surface area contributed by atoms with Crippen molar-refractivity contribution in [1.29, 1.82) is 0 Å². The number of aliphatic hydroxyl groups is 1. The van der Waals surface area contributed by atoms with E-state index >= 15 is 0 Å². The van der Waals surface area contributed by atoms with Crippen LogP contribution in [-0.4, -0.2) is 49.8 Å². The van der Waals surface area contributed by atoms with Crippen LogP contribution in [0.5, 0.6) is 5.88 Å². The average molecular weight is 396 g/mol. The predicted octanol–water partition coefficient (Wildman–Crippen LogP) is 1.44. The van der Waals surface area contributed by atoms with E-state index in [-0.39, 0.29) is 18.6 Å². The van der Waals surface area contributed by atoms with Gasteiger partial charge in [-0.1, -0.05) is 0 Å². The van der Waals surface area contributed by atoms with Crippen molar-refractivity contribution in [2.24, 2.45) is 0 Å². The number of methoxy groups -OCH3 is 1. The maximum absolute atomic E-state index is 9.21. The normalized spacial score (nSPS) is 11.9. The maximum atomic E-state index is 9.21. The molecule has 0 radical (unpaired) electrons. The average Bonchev–Trinajstić information content (AvgIpc) is 2.72. The van der Waals surface area contributed by atoms with Crippen LogP contribution in [-0.2, 0) is 6.54 Å². The van der Waals surface area contributed by atoms with Crippen LogP contribution < -0.4 is 21.1 Å². The predicted molar refractivity (Wildman–Crippen MR) is 110 cm³/mol. The van der Waals surface area contributed by atoms with Crippen LogP contribution in [0, 0.1) is 6.92 Å². The number of nitrogens with zero attached hydrogens (tertiary/aromatic N) is 5. The van der Waals surface area contributed by atoms with E-state index in [4.69, 9.17) is 10.5 Å². The molecule has 0 saturated heterocycles. The summed E-state index contributed by atoms with van der Waals surface area (Å²) in [4.78, 5) is 21.4. The molecular weight excluding hydrogens is 372 g/mol. The van der Waals surface area contributed by atoms with Crippen molar-refractivity contribution in [3.63, 3.8) is 0 Å². The Morgan fingerprint density at radius 1 is 1.17 bits per heavy atom. The summed E-state index contributed by atoms with van der Waals surface area (Å²) in [6, 6.07) is 5.48. The number of nitrogen functional groups attached to an aromatic ring is 1. The lowest BCUT2D eigenvalue weighted by Crippen LogP contribution is -2.28. The molecule has 1 atom stereocenters. The summed E-state index contributed by atoms with van der Waals surface area (Å²) in [7, 11) is 1.56. The van der Waals surface area contributed by atoms with E-state index in [1.165, 1.54) is 0 Å². The van der Waals surface area contributed by atoms with Gasteiger partial charge in [-0.2, -0.15) is 9.97 Å². The van der Waals surface area contributed by atoms with Crippen LogP contribution in [0.2, 0.25) is 0 Å². The van der Waals surface area contributed by atoms with Gasteiger partial charge in [0.15, 0.2) is 5.82 Å². The van der Waals surface area contributed by atoms with Crippen LogP contribution in [0.25, 0.3) is 11.4 Å². The van der Waals surface area contributed by atoms with Gasteiger partial charge in [-0.05, 0) is 31.5 Å². The number of ether oxygens (including phenoxy) is 1. The first-order valence-corrected chi connectivity index (χ1v) is 9.07. The van der Waals surface area contributed by atoms with Crippen LogP contribution >= 0.6 is 0 Å². The van der Waals surface area contributed by atoms with Crippen molar-refractivity contribution < 1.29 is 9.84 Å². The summed E-state index contributed by atoms with van der Waals surface area (Å²) in [6.07, 6.45) is 3.40. The van der Waals surface area contributed by atoms with Crippen LogP contribution in [0.1, 0.15) is 18.3 Å². The molecule has 0 bridgehead atoms. The van der Waals surface area contributed by atoms with Gasteiger partial charge in [0.05, 0.1) is 31.2 Å². The van der Waals surface area contributed by atoms with E-state index in [1.807, 2.05) is 19.1 Å². The molecule has 0 aliphatic heterocycles. The molecule has 0 aliphatic carbocycles. The van der Waals surface area contributed by atoms with Crippen molar-refractivity contribution in [3.8, 4) is 17.3 Å². The minimum atomic E-state index is -0.0308. The number of nitrogens with one attached hydrogen (secondary N) is 2. The standard InChI is InChI=1S/C19H24N8O2/c1-11(10-28)21-7-13-6-15(18-24-12(2)25-19(20)27-18)17(23-8-13)26-14-4-5-16(29-3)22-9-14/h4-6,8-9,11,21,28H,7,10H2,1-3H3,(H,23,26)(H2,20,24,25,27). The number of hydrogen-bond donors (Lipinski definition) is 4. The molecule has 1 unspecified atom stereocenters. The third-order valence-electron chi connectivity index (χ3n) is 4.09. The monoisotopic (exact) mass is 396 g/mol. The molecule has 3 heterocycles. The molecule has 0 aliphatic rings. The molecule has 152 valence electrons. The highest BCUT2D eigenvalue weighted by Gasteiger charge is 2.14. The Hall–Kier alpha value is -3.37. The highest BCUT2D eigenvalue weighted by Crippen LogP contribution is 2.28. The summed E-state index contributed by atoms with van der Waals surface area (Å²) in [6.45, 7) is 4.24. The number of aryl methyl sites for hydroxylation is 1. The second kappa shape index (κ2) is 9.22. The van der Waals surface area contributed by atoms with Crippen molar-refractivity contribution in [1.82, 2.24) is 30.2 Å². The second-order valence-electron chi connectivity index (χ2n) is 6.48. The van der Waals surface area contributed by atoms with Gasteiger partial charge in [-0.25, -0.2) is 15.0 Å². The second-order valence-corrected chi connectivity index (χ2v) is 6.48. The van der Waals surface area contributed by atoms with E-state index in [0.29, 0.717) is 35.5 Å². The Kier molecular flexibility index (Phi) is 6.47. The van der Waals surface area contributed by atoms with Gasteiger partial charge in [-0.3, -0.25) is 0 Å². The number of pyridine rings is 2. The molecule has 0 saturated carbocycles. The Morgan fingerprint density at radius 2 is 2.00 bits per heavy atom. The molecule has 5 N–H and O–H groups in total. The molecule has 10 nitrogen and oxygen atoms in total. The first kappa shape index (κ1) is 20.4. The lowest BCUT2D eigenvalue weighted by molar-refractivity contribution is 0.251. The number of hydrogen-bond acceptors (Lipinski definition) is 10. The zero-order valence-corrected chi connectivity index (χ0v) is 16.5. The van der Waals surface area contributed by atoms with Gasteiger partial charge in [0.2, 0.25) is 11.8 Å². The number of anilines is 3. The van der Waals surface area contributed by atoms with E-state index in [2.05, 4.69) is 35.6 Å². The van der Waals surface area contributed by atoms with Crippen LogP contribution in [0.3, 0.4) is 0 Å². The Labute approximate surface area is 168 Å². The van der Waals surface area contributed by atoms with Gasteiger partial charge in [0.25, 0.3) is 0 Å². The molecule has 0 spiro atoms. The molecule has 3 aromatic heterocycles. The fraction of sp³-hybridized carbons (Fsp3) is 0.316. The summed E-state index contributed by atoms with van der Waals surface area (Å²) < 4.78 is 5.09. The Bertz CT molecular complexity index is 945. The van der Waals surface area contributed by atoms with E-state index in [9.17, 15) is 5.11 Å². The highest BCUT2D eigenvalue weighted by molar-refractivity contribution is 5.75. The molecular formula is C19H24N8O2. The molecule has 0 fully saturated rings. The van der Waals surface area contributed by atoms with Crippen molar-refractivity contribution in [2.45, 2.75) is 26.4 Å².